The fourth-order valence-electron chi connectivity index (χ4n) is 1.65. The number of nitriles is 1. The molecule has 0 radical (unpaired) electrons. The summed E-state index contributed by atoms with van der Waals surface area (Å²) in [4.78, 5) is 19.5. The van der Waals surface area contributed by atoms with Gasteiger partial charge in [0.25, 0.3) is 5.91 Å². The van der Waals surface area contributed by atoms with Crippen molar-refractivity contribution >= 4 is 41.0 Å². The fourth-order valence-corrected chi connectivity index (χ4v) is 2.15. The SMILES string of the molecule is N#Cc1cccc(N=CC(=O)NNCc2c(Cl)cncc2Cl)c1. The number of aliphatic imine (C=N–C) groups is 1. The molecule has 2 aromatic rings. The maximum atomic E-state index is 11.7. The van der Waals surface area contributed by atoms with Crippen LogP contribution in [0.3, 0.4) is 0 Å². The number of carbonyl (C=O) groups excluding carboxylic acids is 1. The number of rotatable bonds is 5. The molecule has 0 saturated carbocycles. The smallest absolute Gasteiger partial charge is 0.276 e. The van der Waals surface area contributed by atoms with Crippen molar-refractivity contribution in [3.8, 4) is 6.07 Å². The van der Waals surface area contributed by atoms with E-state index in [2.05, 4.69) is 20.8 Å². The Balaban J connectivity index is 1.88. The van der Waals surface area contributed by atoms with Gasteiger partial charge in [-0.1, -0.05) is 29.3 Å². The molecule has 0 spiro atoms. The Morgan fingerprint density at radius 3 is 2.78 bits per heavy atom. The second-order valence-electron chi connectivity index (χ2n) is 4.34. The van der Waals surface area contributed by atoms with E-state index in [1.807, 2.05) is 6.07 Å². The number of nitrogens with zero attached hydrogens (tertiary/aromatic N) is 3. The maximum absolute atomic E-state index is 11.7. The Hall–Kier alpha value is -2.46. The Morgan fingerprint density at radius 2 is 2.09 bits per heavy atom. The molecule has 0 saturated heterocycles. The van der Waals surface area contributed by atoms with Crippen LogP contribution in [-0.2, 0) is 11.3 Å². The molecule has 116 valence electrons. The third-order valence-corrected chi connectivity index (χ3v) is 3.39. The van der Waals surface area contributed by atoms with Gasteiger partial charge in [0.05, 0.1) is 33.6 Å². The van der Waals surface area contributed by atoms with Crippen LogP contribution in [0.5, 0.6) is 0 Å². The van der Waals surface area contributed by atoms with E-state index in [4.69, 9.17) is 28.5 Å². The zero-order valence-electron chi connectivity index (χ0n) is 11.8. The fraction of sp³-hybridized carbons (Fsp3) is 0.0667. The molecule has 0 atom stereocenters. The standard InChI is InChI=1S/C15H11Cl2N5O/c16-13-7-19-8-14(17)12(13)6-21-22-15(23)9-20-11-3-1-2-10(4-11)5-18/h1-4,7-9,21H,6H2,(H,22,23). The van der Waals surface area contributed by atoms with E-state index in [-0.39, 0.29) is 6.54 Å². The van der Waals surface area contributed by atoms with Crippen LogP contribution in [0.1, 0.15) is 11.1 Å². The molecular weight excluding hydrogens is 337 g/mol. The lowest BCUT2D eigenvalue weighted by molar-refractivity contribution is -0.115. The normalized spacial score (nSPS) is 10.5. The van der Waals surface area contributed by atoms with Gasteiger partial charge in [0.2, 0.25) is 0 Å². The molecule has 0 aliphatic heterocycles. The van der Waals surface area contributed by atoms with Crippen molar-refractivity contribution < 1.29 is 4.79 Å². The summed E-state index contributed by atoms with van der Waals surface area (Å²) in [6, 6.07) is 8.61. The lowest BCUT2D eigenvalue weighted by Gasteiger charge is -2.08. The van der Waals surface area contributed by atoms with Gasteiger partial charge in [-0.2, -0.15) is 5.26 Å². The summed E-state index contributed by atoms with van der Waals surface area (Å²) in [5, 5.41) is 9.60. The minimum Gasteiger partial charge on any atom is -0.286 e. The van der Waals surface area contributed by atoms with E-state index < -0.39 is 5.91 Å². The topological polar surface area (TPSA) is 90.2 Å². The van der Waals surface area contributed by atoms with E-state index in [1.165, 1.54) is 12.4 Å². The van der Waals surface area contributed by atoms with E-state index in [0.29, 0.717) is 26.9 Å². The van der Waals surface area contributed by atoms with Crippen LogP contribution >= 0.6 is 23.2 Å². The average Bonchev–Trinajstić information content (AvgIpc) is 2.56. The van der Waals surface area contributed by atoms with Crippen molar-refractivity contribution in [2.75, 3.05) is 0 Å². The zero-order valence-corrected chi connectivity index (χ0v) is 13.3. The van der Waals surface area contributed by atoms with Gasteiger partial charge in [0, 0.05) is 24.5 Å². The second kappa shape index (κ2) is 8.25. The van der Waals surface area contributed by atoms with Crippen LogP contribution in [0.4, 0.5) is 5.69 Å². The molecule has 1 heterocycles. The van der Waals surface area contributed by atoms with Crippen LogP contribution in [0.2, 0.25) is 10.0 Å². The van der Waals surface area contributed by atoms with Gasteiger partial charge in [-0.3, -0.25) is 20.2 Å². The average molecular weight is 348 g/mol. The number of halogens is 2. The number of hydrazine groups is 1. The van der Waals surface area contributed by atoms with Crippen LogP contribution < -0.4 is 10.9 Å². The van der Waals surface area contributed by atoms with Crippen molar-refractivity contribution in [3.05, 3.63) is 57.8 Å². The lowest BCUT2D eigenvalue weighted by atomic mass is 10.2. The van der Waals surface area contributed by atoms with Crippen LogP contribution in [-0.4, -0.2) is 17.1 Å². The molecule has 6 nitrogen and oxygen atoms in total. The molecule has 1 amide bonds. The number of hydrogen-bond donors (Lipinski definition) is 2. The Morgan fingerprint density at radius 1 is 1.35 bits per heavy atom. The summed E-state index contributed by atoms with van der Waals surface area (Å²) in [6.45, 7) is 0.240. The first kappa shape index (κ1) is 16.9. The van der Waals surface area contributed by atoms with Gasteiger partial charge in [-0.15, -0.1) is 0 Å². The number of pyridine rings is 1. The highest BCUT2D eigenvalue weighted by atomic mass is 35.5. The molecule has 1 aromatic heterocycles. The van der Waals surface area contributed by atoms with Gasteiger partial charge >= 0.3 is 0 Å². The minimum absolute atomic E-state index is 0.240. The first-order chi connectivity index (χ1) is 11.1. The third kappa shape index (κ3) is 5.04. The molecule has 0 aliphatic carbocycles. The molecule has 8 heteroatoms. The molecule has 0 unspecified atom stereocenters. The van der Waals surface area contributed by atoms with Gasteiger partial charge in [-0.25, -0.2) is 5.43 Å². The maximum Gasteiger partial charge on any atom is 0.276 e. The molecular formula is C15H11Cl2N5O. The molecule has 0 bridgehead atoms. The minimum atomic E-state index is -0.450. The van der Waals surface area contributed by atoms with Gasteiger partial charge in [0.15, 0.2) is 0 Å². The number of aromatic nitrogens is 1. The van der Waals surface area contributed by atoms with Gasteiger partial charge < -0.3 is 0 Å². The van der Waals surface area contributed by atoms with Crippen molar-refractivity contribution in [2.24, 2.45) is 4.99 Å². The van der Waals surface area contributed by atoms with Crippen LogP contribution in [0.15, 0.2) is 41.7 Å². The van der Waals surface area contributed by atoms with Crippen LogP contribution in [0.25, 0.3) is 0 Å². The van der Waals surface area contributed by atoms with Crippen molar-refractivity contribution in [3.63, 3.8) is 0 Å². The second-order valence-corrected chi connectivity index (χ2v) is 5.16. The Kier molecular flexibility index (Phi) is 6.06. The van der Waals surface area contributed by atoms with Crippen molar-refractivity contribution in [2.45, 2.75) is 6.54 Å². The van der Waals surface area contributed by atoms with E-state index in [9.17, 15) is 4.79 Å². The number of amides is 1. The number of hydrogen-bond acceptors (Lipinski definition) is 5. The van der Waals surface area contributed by atoms with Crippen molar-refractivity contribution in [1.82, 2.24) is 15.8 Å². The van der Waals surface area contributed by atoms with E-state index >= 15 is 0 Å². The highest BCUT2D eigenvalue weighted by Crippen LogP contribution is 2.22. The monoisotopic (exact) mass is 347 g/mol. The summed E-state index contributed by atoms with van der Waals surface area (Å²) < 4.78 is 0. The Bertz CT molecular complexity index is 765. The molecule has 2 N–H and O–H groups in total. The first-order valence-electron chi connectivity index (χ1n) is 6.45. The lowest BCUT2D eigenvalue weighted by Crippen LogP contribution is -2.37. The number of benzene rings is 1. The highest BCUT2D eigenvalue weighted by molar-refractivity contribution is 6.35. The summed E-state index contributed by atoms with van der Waals surface area (Å²) in [5.41, 5.74) is 6.76. The van der Waals surface area contributed by atoms with Gasteiger partial charge in [0.1, 0.15) is 0 Å². The summed E-state index contributed by atoms with van der Waals surface area (Å²) >= 11 is 11.9. The first-order valence-corrected chi connectivity index (χ1v) is 7.20. The Labute approximate surface area is 142 Å². The molecule has 1 aromatic carbocycles. The van der Waals surface area contributed by atoms with E-state index in [1.54, 1.807) is 24.3 Å². The molecule has 2 rings (SSSR count). The van der Waals surface area contributed by atoms with E-state index in [0.717, 1.165) is 6.21 Å². The third-order valence-electron chi connectivity index (χ3n) is 2.74. The quantitative estimate of drug-likeness (QED) is 0.642. The predicted octanol–water partition coefficient (Wildman–Crippen LogP) is 2.78. The number of carbonyl (C=O) groups is 1. The number of nitrogens with one attached hydrogen (secondary N) is 2. The summed E-state index contributed by atoms with van der Waals surface area (Å²) in [6.07, 6.45) is 4.05. The highest BCUT2D eigenvalue weighted by Gasteiger charge is 2.06. The molecule has 0 aliphatic rings. The molecule has 0 fully saturated rings. The van der Waals surface area contributed by atoms with Crippen LogP contribution in [0, 0.1) is 11.3 Å². The molecule has 23 heavy (non-hydrogen) atoms. The largest absolute Gasteiger partial charge is 0.286 e. The zero-order chi connectivity index (χ0) is 16.7. The van der Waals surface area contributed by atoms with Crippen molar-refractivity contribution in [1.29, 1.82) is 5.26 Å². The summed E-state index contributed by atoms with van der Waals surface area (Å²) in [7, 11) is 0. The summed E-state index contributed by atoms with van der Waals surface area (Å²) in [5.74, 6) is -0.450. The predicted molar refractivity (Wildman–Crippen MR) is 88.5 cm³/mol. The van der Waals surface area contributed by atoms with Gasteiger partial charge in [-0.05, 0) is 18.2 Å².